The molecule has 1 aliphatic heterocycles. The summed E-state index contributed by atoms with van der Waals surface area (Å²) in [4.78, 5) is 14.3. The van der Waals surface area contributed by atoms with Gasteiger partial charge in [0.25, 0.3) is 0 Å². The molecule has 0 radical (unpaired) electrons. The van der Waals surface area contributed by atoms with Gasteiger partial charge in [-0.25, -0.2) is 4.79 Å². The van der Waals surface area contributed by atoms with Gasteiger partial charge < -0.3 is 10.5 Å². The highest BCUT2D eigenvalue weighted by atomic mass is 16.6. The van der Waals surface area contributed by atoms with Gasteiger partial charge in [-0.1, -0.05) is 0 Å². The van der Waals surface area contributed by atoms with Crippen molar-refractivity contribution >= 4 is 5.97 Å². The smallest absolute Gasteiger partial charge is 0.328 e. The van der Waals surface area contributed by atoms with E-state index in [1.807, 2.05) is 27.7 Å². The van der Waals surface area contributed by atoms with Crippen molar-refractivity contribution in [3.05, 3.63) is 0 Å². The van der Waals surface area contributed by atoms with E-state index in [0.717, 1.165) is 25.9 Å². The standard InChI is InChI=1S/C12H24N2O2/c1-11(2,3)16-10(15)12(4,9-13)14-7-5-6-8-14/h5-9,13H2,1-4H3. The van der Waals surface area contributed by atoms with Gasteiger partial charge in [-0.2, -0.15) is 0 Å². The van der Waals surface area contributed by atoms with E-state index < -0.39 is 11.1 Å². The number of esters is 1. The van der Waals surface area contributed by atoms with Crippen LogP contribution in [-0.2, 0) is 9.53 Å². The van der Waals surface area contributed by atoms with Crippen LogP contribution < -0.4 is 5.73 Å². The lowest BCUT2D eigenvalue weighted by atomic mass is 10.00. The van der Waals surface area contributed by atoms with E-state index in [1.54, 1.807) is 0 Å². The second-order valence-electron chi connectivity index (χ2n) is 5.67. The van der Waals surface area contributed by atoms with E-state index in [1.165, 1.54) is 0 Å². The first-order valence-electron chi connectivity index (χ1n) is 5.98. The summed E-state index contributed by atoms with van der Waals surface area (Å²) in [5, 5.41) is 0. The van der Waals surface area contributed by atoms with Crippen LogP contribution in [0.3, 0.4) is 0 Å². The number of nitrogens with zero attached hydrogens (tertiary/aromatic N) is 1. The molecule has 0 aromatic heterocycles. The summed E-state index contributed by atoms with van der Waals surface area (Å²) in [6, 6.07) is 0. The first kappa shape index (κ1) is 13.5. The fourth-order valence-corrected chi connectivity index (χ4v) is 1.94. The number of carbonyl (C=O) groups is 1. The van der Waals surface area contributed by atoms with Crippen LogP contribution >= 0.6 is 0 Å². The Hall–Kier alpha value is -0.610. The van der Waals surface area contributed by atoms with Crippen LogP contribution in [0.25, 0.3) is 0 Å². The van der Waals surface area contributed by atoms with E-state index in [9.17, 15) is 4.79 Å². The molecule has 1 fully saturated rings. The Bertz CT molecular complexity index is 254. The van der Waals surface area contributed by atoms with Gasteiger partial charge in [0.2, 0.25) is 0 Å². The molecule has 1 rings (SSSR count). The average molecular weight is 228 g/mol. The van der Waals surface area contributed by atoms with E-state index in [4.69, 9.17) is 10.5 Å². The number of hydrogen-bond donors (Lipinski definition) is 1. The summed E-state index contributed by atoms with van der Waals surface area (Å²) in [5.41, 5.74) is 4.65. The Balaban J connectivity index is 2.74. The van der Waals surface area contributed by atoms with E-state index in [0.29, 0.717) is 6.54 Å². The molecule has 0 saturated carbocycles. The number of likely N-dealkylation sites (tertiary alicyclic amines) is 1. The highest BCUT2D eigenvalue weighted by Gasteiger charge is 2.42. The van der Waals surface area contributed by atoms with Gasteiger partial charge in [-0.15, -0.1) is 0 Å². The fraction of sp³-hybridized carbons (Fsp3) is 0.917. The number of carbonyl (C=O) groups excluding carboxylic acids is 1. The minimum absolute atomic E-state index is 0.204. The molecule has 1 atom stereocenters. The van der Waals surface area contributed by atoms with Crippen molar-refractivity contribution in [2.75, 3.05) is 19.6 Å². The van der Waals surface area contributed by atoms with Crippen LogP contribution in [0.2, 0.25) is 0 Å². The zero-order valence-electron chi connectivity index (χ0n) is 10.9. The molecular weight excluding hydrogens is 204 g/mol. The number of rotatable bonds is 3. The van der Waals surface area contributed by atoms with Crippen LogP contribution in [0.4, 0.5) is 0 Å². The Kier molecular flexibility index (Phi) is 3.97. The molecule has 1 aliphatic rings. The third kappa shape index (κ3) is 2.95. The van der Waals surface area contributed by atoms with Crippen molar-refractivity contribution in [3.8, 4) is 0 Å². The van der Waals surface area contributed by atoms with Crippen LogP contribution in [0.1, 0.15) is 40.5 Å². The van der Waals surface area contributed by atoms with Gasteiger partial charge >= 0.3 is 5.97 Å². The molecule has 0 aliphatic carbocycles. The predicted molar refractivity (Wildman–Crippen MR) is 64.1 cm³/mol. The summed E-state index contributed by atoms with van der Waals surface area (Å²) in [6.45, 7) is 9.71. The van der Waals surface area contributed by atoms with Gasteiger partial charge in [0, 0.05) is 6.54 Å². The fourth-order valence-electron chi connectivity index (χ4n) is 1.94. The van der Waals surface area contributed by atoms with E-state index >= 15 is 0 Å². The summed E-state index contributed by atoms with van der Waals surface area (Å²) >= 11 is 0. The Morgan fingerprint density at radius 2 is 1.75 bits per heavy atom. The highest BCUT2D eigenvalue weighted by Crippen LogP contribution is 2.24. The molecule has 0 spiro atoms. The zero-order chi connectivity index (χ0) is 12.4. The van der Waals surface area contributed by atoms with E-state index in [2.05, 4.69) is 4.90 Å². The van der Waals surface area contributed by atoms with Crippen molar-refractivity contribution in [1.29, 1.82) is 0 Å². The summed E-state index contributed by atoms with van der Waals surface area (Å²) in [6.07, 6.45) is 2.27. The summed E-state index contributed by atoms with van der Waals surface area (Å²) in [7, 11) is 0. The molecular formula is C12H24N2O2. The third-order valence-electron chi connectivity index (χ3n) is 3.04. The molecule has 4 heteroatoms. The van der Waals surface area contributed by atoms with Crippen molar-refractivity contribution in [2.24, 2.45) is 5.73 Å². The van der Waals surface area contributed by atoms with Crippen molar-refractivity contribution < 1.29 is 9.53 Å². The second-order valence-corrected chi connectivity index (χ2v) is 5.67. The largest absolute Gasteiger partial charge is 0.459 e. The van der Waals surface area contributed by atoms with Crippen LogP contribution in [0.5, 0.6) is 0 Å². The van der Waals surface area contributed by atoms with Crippen LogP contribution in [-0.4, -0.2) is 41.6 Å². The molecule has 0 aromatic carbocycles. The lowest BCUT2D eigenvalue weighted by Gasteiger charge is -2.37. The first-order valence-corrected chi connectivity index (χ1v) is 5.98. The van der Waals surface area contributed by atoms with Gasteiger partial charge in [-0.05, 0) is 53.6 Å². The molecule has 16 heavy (non-hydrogen) atoms. The Labute approximate surface area is 98.1 Å². The summed E-state index contributed by atoms with van der Waals surface area (Å²) in [5.74, 6) is -0.204. The number of ether oxygens (including phenoxy) is 1. The zero-order valence-corrected chi connectivity index (χ0v) is 10.9. The minimum atomic E-state index is -0.663. The Morgan fingerprint density at radius 1 is 1.25 bits per heavy atom. The third-order valence-corrected chi connectivity index (χ3v) is 3.04. The molecule has 1 saturated heterocycles. The quantitative estimate of drug-likeness (QED) is 0.736. The van der Waals surface area contributed by atoms with E-state index in [-0.39, 0.29) is 5.97 Å². The normalized spacial score (nSPS) is 21.8. The van der Waals surface area contributed by atoms with Crippen molar-refractivity contribution in [2.45, 2.75) is 51.7 Å². The summed E-state index contributed by atoms with van der Waals surface area (Å²) < 4.78 is 5.45. The number of nitrogens with two attached hydrogens (primary N) is 1. The van der Waals surface area contributed by atoms with Gasteiger partial charge in [0.1, 0.15) is 11.1 Å². The van der Waals surface area contributed by atoms with Gasteiger partial charge in [0.15, 0.2) is 0 Å². The lowest BCUT2D eigenvalue weighted by molar-refractivity contribution is -0.167. The SMILES string of the molecule is CC(C)(C)OC(=O)C(C)(CN)N1CCCC1. The maximum absolute atomic E-state index is 12.2. The molecule has 0 bridgehead atoms. The molecule has 4 nitrogen and oxygen atoms in total. The van der Waals surface area contributed by atoms with Crippen LogP contribution in [0, 0.1) is 0 Å². The predicted octanol–water partition coefficient (Wildman–Crippen LogP) is 1.14. The van der Waals surface area contributed by atoms with Gasteiger partial charge in [0.05, 0.1) is 0 Å². The molecule has 0 amide bonds. The second kappa shape index (κ2) is 4.72. The highest BCUT2D eigenvalue weighted by molar-refractivity contribution is 5.81. The van der Waals surface area contributed by atoms with Crippen molar-refractivity contribution in [3.63, 3.8) is 0 Å². The monoisotopic (exact) mass is 228 g/mol. The van der Waals surface area contributed by atoms with Crippen LogP contribution in [0.15, 0.2) is 0 Å². The first-order chi connectivity index (χ1) is 7.29. The molecule has 0 aromatic rings. The molecule has 1 unspecified atom stereocenters. The molecule has 94 valence electrons. The Morgan fingerprint density at radius 3 is 2.12 bits per heavy atom. The number of hydrogen-bond acceptors (Lipinski definition) is 4. The minimum Gasteiger partial charge on any atom is -0.459 e. The maximum atomic E-state index is 12.2. The maximum Gasteiger partial charge on any atom is 0.328 e. The van der Waals surface area contributed by atoms with Gasteiger partial charge in [-0.3, -0.25) is 4.90 Å². The molecule has 1 heterocycles. The average Bonchev–Trinajstić information content (AvgIpc) is 2.66. The lowest BCUT2D eigenvalue weighted by Crippen LogP contribution is -2.58. The van der Waals surface area contributed by atoms with Crippen molar-refractivity contribution in [1.82, 2.24) is 4.90 Å². The molecule has 2 N–H and O–H groups in total. The topological polar surface area (TPSA) is 55.6 Å².